The van der Waals surface area contributed by atoms with Gasteiger partial charge in [-0.3, -0.25) is 0 Å². The third kappa shape index (κ3) is 5.56. The van der Waals surface area contributed by atoms with Gasteiger partial charge in [0.25, 0.3) is 0 Å². The van der Waals surface area contributed by atoms with Gasteiger partial charge in [-0.05, 0) is 47.5 Å². The van der Waals surface area contributed by atoms with Crippen molar-refractivity contribution < 1.29 is 13.2 Å². The highest BCUT2D eigenvalue weighted by Crippen LogP contribution is 2.37. The number of hydrogen-bond acceptors (Lipinski definition) is 4. The van der Waals surface area contributed by atoms with Crippen molar-refractivity contribution in [2.24, 2.45) is 0 Å². The van der Waals surface area contributed by atoms with Crippen LogP contribution in [0.3, 0.4) is 0 Å². The lowest BCUT2D eigenvalue weighted by Crippen LogP contribution is -2.05. The third-order valence-electron chi connectivity index (χ3n) is 8.27. The standard InChI is InChI=1S/C41H25F3N4/c42-41(43,44)32-18-10-17-31(23-32)40-39(28-15-8-3-9-16-28)46-34-22-20-30(25-36(34)48-40)29-19-21-33-35(24-29)47-38(27-13-6-2-7-14-27)37(45-33)26-11-4-1-5-12-26/h1-25H. The summed E-state index contributed by atoms with van der Waals surface area (Å²) in [4.78, 5) is 20.0. The van der Waals surface area contributed by atoms with Crippen LogP contribution >= 0.6 is 0 Å². The largest absolute Gasteiger partial charge is 0.416 e. The zero-order chi connectivity index (χ0) is 32.7. The number of fused-ring (bicyclic) bond motifs is 2. The van der Waals surface area contributed by atoms with E-state index in [2.05, 4.69) is 0 Å². The normalized spacial score (nSPS) is 11.6. The summed E-state index contributed by atoms with van der Waals surface area (Å²) in [6.45, 7) is 0. The lowest BCUT2D eigenvalue weighted by molar-refractivity contribution is -0.137. The van der Waals surface area contributed by atoms with Crippen molar-refractivity contribution in [1.29, 1.82) is 0 Å². The Bertz CT molecular complexity index is 2430. The van der Waals surface area contributed by atoms with Gasteiger partial charge in [0.2, 0.25) is 0 Å². The number of hydrogen-bond donors (Lipinski definition) is 0. The van der Waals surface area contributed by atoms with Gasteiger partial charge in [-0.25, -0.2) is 19.9 Å². The van der Waals surface area contributed by atoms with Gasteiger partial charge in [0.1, 0.15) is 0 Å². The van der Waals surface area contributed by atoms with E-state index >= 15 is 0 Å². The molecule has 8 aromatic rings. The quantitative estimate of drug-likeness (QED) is 0.190. The summed E-state index contributed by atoms with van der Waals surface area (Å²) in [6, 6.07) is 46.4. The number of aromatic nitrogens is 4. The zero-order valence-electron chi connectivity index (χ0n) is 25.4. The first kappa shape index (κ1) is 29.2. The third-order valence-corrected chi connectivity index (χ3v) is 8.27. The Kier molecular flexibility index (Phi) is 7.22. The Morgan fingerprint density at radius 1 is 0.312 bits per heavy atom. The summed E-state index contributed by atoms with van der Waals surface area (Å²) in [5.74, 6) is 0. The van der Waals surface area contributed by atoms with E-state index in [-0.39, 0.29) is 0 Å². The zero-order valence-corrected chi connectivity index (χ0v) is 25.4. The van der Waals surface area contributed by atoms with Crippen LogP contribution in [0.4, 0.5) is 13.2 Å². The fourth-order valence-electron chi connectivity index (χ4n) is 5.90. The van der Waals surface area contributed by atoms with Crippen molar-refractivity contribution in [3.63, 3.8) is 0 Å². The first-order valence-electron chi connectivity index (χ1n) is 15.4. The molecule has 0 N–H and O–H groups in total. The highest BCUT2D eigenvalue weighted by atomic mass is 19.4. The van der Waals surface area contributed by atoms with Crippen LogP contribution in [-0.4, -0.2) is 19.9 Å². The molecule has 0 bridgehead atoms. The molecule has 7 heteroatoms. The van der Waals surface area contributed by atoms with Crippen LogP contribution in [0.5, 0.6) is 0 Å². The lowest BCUT2D eigenvalue weighted by Gasteiger charge is -2.14. The van der Waals surface area contributed by atoms with Crippen LogP contribution < -0.4 is 0 Å². The summed E-state index contributed by atoms with van der Waals surface area (Å²) in [7, 11) is 0. The summed E-state index contributed by atoms with van der Waals surface area (Å²) in [5, 5.41) is 0. The highest BCUT2D eigenvalue weighted by molar-refractivity contribution is 5.92. The van der Waals surface area contributed by atoms with Crippen molar-refractivity contribution in [1.82, 2.24) is 19.9 Å². The van der Waals surface area contributed by atoms with Gasteiger partial charge in [0.15, 0.2) is 0 Å². The minimum Gasteiger partial charge on any atom is -0.244 e. The number of halogens is 3. The van der Waals surface area contributed by atoms with E-state index < -0.39 is 11.7 Å². The SMILES string of the molecule is FC(F)(F)c1cccc(-c2nc3cc(-c4ccc5nc(-c6ccccc6)c(-c6ccccc6)nc5c4)ccc3nc2-c2ccccc2)c1. The molecule has 0 atom stereocenters. The van der Waals surface area contributed by atoms with E-state index in [1.807, 2.05) is 127 Å². The van der Waals surface area contributed by atoms with Crippen LogP contribution in [0.15, 0.2) is 152 Å². The minimum atomic E-state index is -4.48. The molecule has 48 heavy (non-hydrogen) atoms. The number of alkyl halides is 3. The molecular formula is C41H25F3N4. The van der Waals surface area contributed by atoms with E-state index in [1.165, 1.54) is 6.07 Å². The molecule has 0 aliphatic rings. The summed E-state index contributed by atoms with van der Waals surface area (Å²) in [6.07, 6.45) is -4.48. The van der Waals surface area contributed by atoms with Gasteiger partial charge in [-0.2, -0.15) is 13.2 Å². The fraction of sp³-hybridized carbons (Fsp3) is 0.0244. The van der Waals surface area contributed by atoms with Crippen molar-refractivity contribution >= 4 is 22.1 Å². The molecule has 0 aliphatic carbocycles. The molecular weight excluding hydrogens is 605 g/mol. The molecule has 0 radical (unpaired) electrons. The van der Waals surface area contributed by atoms with Gasteiger partial charge >= 0.3 is 6.18 Å². The first-order chi connectivity index (χ1) is 23.4. The molecule has 0 fully saturated rings. The number of benzene rings is 6. The first-order valence-corrected chi connectivity index (χ1v) is 15.4. The van der Waals surface area contributed by atoms with Crippen LogP contribution in [0.2, 0.25) is 0 Å². The molecule has 0 amide bonds. The average Bonchev–Trinajstić information content (AvgIpc) is 3.14. The van der Waals surface area contributed by atoms with Gasteiger partial charge in [0, 0.05) is 22.3 Å². The minimum absolute atomic E-state index is 0.340. The maximum absolute atomic E-state index is 13.7. The van der Waals surface area contributed by atoms with E-state index in [0.717, 1.165) is 62.4 Å². The molecule has 4 nitrogen and oxygen atoms in total. The number of nitrogens with zero attached hydrogens (tertiary/aromatic N) is 4. The molecule has 230 valence electrons. The fourth-order valence-corrected chi connectivity index (χ4v) is 5.90. The van der Waals surface area contributed by atoms with Gasteiger partial charge < -0.3 is 0 Å². The van der Waals surface area contributed by atoms with Gasteiger partial charge in [-0.15, -0.1) is 0 Å². The van der Waals surface area contributed by atoms with Crippen molar-refractivity contribution in [3.8, 4) is 56.2 Å². The number of rotatable bonds is 5. The van der Waals surface area contributed by atoms with Crippen LogP contribution in [0.1, 0.15) is 5.56 Å². The Labute approximate surface area is 274 Å². The van der Waals surface area contributed by atoms with Crippen molar-refractivity contribution in [2.45, 2.75) is 6.18 Å². The Morgan fingerprint density at radius 2 is 0.688 bits per heavy atom. The lowest BCUT2D eigenvalue weighted by atomic mass is 10.00. The average molecular weight is 631 g/mol. The van der Waals surface area contributed by atoms with Gasteiger partial charge in [0.05, 0.1) is 50.4 Å². The second kappa shape index (κ2) is 11.9. The molecule has 2 aromatic heterocycles. The van der Waals surface area contributed by atoms with Crippen molar-refractivity contribution in [3.05, 3.63) is 157 Å². The molecule has 0 unspecified atom stereocenters. The molecule has 8 rings (SSSR count). The van der Waals surface area contributed by atoms with Crippen molar-refractivity contribution in [2.75, 3.05) is 0 Å². The topological polar surface area (TPSA) is 51.6 Å². The maximum atomic E-state index is 13.7. The Hall–Kier alpha value is -6.21. The van der Waals surface area contributed by atoms with E-state index in [1.54, 1.807) is 6.07 Å². The molecule has 0 spiro atoms. The van der Waals surface area contributed by atoms with Crippen LogP contribution in [-0.2, 0) is 6.18 Å². The van der Waals surface area contributed by atoms with E-state index in [9.17, 15) is 13.2 Å². The summed E-state index contributed by atoms with van der Waals surface area (Å²) in [5.41, 5.74) is 9.26. The molecule has 6 aromatic carbocycles. The predicted molar refractivity (Wildman–Crippen MR) is 185 cm³/mol. The highest BCUT2D eigenvalue weighted by Gasteiger charge is 2.31. The van der Waals surface area contributed by atoms with Crippen LogP contribution in [0, 0.1) is 0 Å². The second-order valence-electron chi connectivity index (χ2n) is 11.4. The Morgan fingerprint density at radius 3 is 1.10 bits per heavy atom. The maximum Gasteiger partial charge on any atom is 0.416 e. The molecule has 0 saturated carbocycles. The van der Waals surface area contributed by atoms with E-state index in [0.29, 0.717) is 28.0 Å². The smallest absolute Gasteiger partial charge is 0.244 e. The van der Waals surface area contributed by atoms with E-state index in [4.69, 9.17) is 19.9 Å². The summed E-state index contributed by atoms with van der Waals surface area (Å²) >= 11 is 0. The Balaban J connectivity index is 1.27. The van der Waals surface area contributed by atoms with Crippen LogP contribution in [0.25, 0.3) is 78.2 Å². The van der Waals surface area contributed by atoms with Gasteiger partial charge in [-0.1, -0.05) is 115 Å². The summed E-state index contributed by atoms with van der Waals surface area (Å²) < 4.78 is 41.1. The predicted octanol–water partition coefficient (Wildman–Crippen LogP) is 10.9. The monoisotopic (exact) mass is 630 g/mol. The molecule has 0 saturated heterocycles. The second-order valence-corrected chi connectivity index (χ2v) is 11.4. The molecule has 2 heterocycles. The molecule has 0 aliphatic heterocycles.